The number of hydrogen-bond acceptors (Lipinski definition) is 12. The predicted molar refractivity (Wildman–Crippen MR) is 185 cm³/mol. The van der Waals surface area contributed by atoms with Crippen molar-refractivity contribution < 1.29 is 57.5 Å². The lowest BCUT2D eigenvalue weighted by atomic mass is 9.98. The Bertz CT molecular complexity index is 965. The van der Waals surface area contributed by atoms with Gasteiger partial charge in [0.15, 0.2) is 24.6 Å². The number of aliphatic hydroxyl groups excluding tert-OH is 1. The minimum atomic E-state index is -1.23. The van der Waals surface area contributed by atoms with Gasteiger partial charge in [0.2, 0.25) is 0 Å². The maximum Gasteiger partial charge on any atom is 0.314 e. The van der Waals surface area contributed by atoms with E-state index in [1.807, 2.05) is 0 Å². The van der Waals surface area contributed by atoms with Gasteiger partial charge in [-0.05, 0) is 25.7 Å². The van der Waals surface area contributed by atoms with Crippen LogP contribution >= 0.6 is 0 Å². The predicted octanol–water partition coefficient (Wildman–Crippen LogP) is 5.01. The molecule has 1 heterocycles. The van der Waals surface area contributed by atoms with E-state index >= 15 is 0 Å². The molecule has 2 amide bonds. The van der Waals surface area contributed by atoms with Gasteiger partial charge in [-0.1, -0.05) is 83.5 Å². The van der Waals surface area contributed by atoms with Gasteiger partial charge in [0.05, 0.1) is 0 Å². The molecule has 0 bridgehead atoms. The molecule has 50 heavy (non-hydrogen) atoms. The van der Waals surface area contributed by atoms with Crippen LogP contribution < -0.4 is 10.6 Å². The summed E-state index contributed by atoms with van der Waals surface area (Å²) < 4.78 is 33.2. The van der Waals surface area contributed by atoms with E-state index in [4.69, 9.17) is 33.5 Å². The van der Waals surface area contributed by atoms with Crippen molar-refractivity contribution in [3.05, 3.63) is 0 Å². The fraction of sp³-hybridized carbons (Fsp3) is 0.861. The molecule has 1 saturated heterocycles. The van der Waals surface area contributed by atoms with Crippen LogP contribution in [0.4, 0.5) is 4.79 Å². The first kappa shape index (κ1) is 45.1. The molecule has 14 nitrogen and oxygen atoms in total. The lowest BCUT2D eigenvalue weighted by Crippen LogP contribution is -2.63. The number of unbranched alkanes of at least 4 members (excludes halogenated alkanes) is 15. The highest BCUT2D eigenvalue weighted by Gasteiger charge is 2.52. The van der Waals surface area contributed by atoms with E-state index < -0.39 is 54.6 Å². The van der Waals surface area contributed by atoms with Crippen molar-refractivity contribution in [1.82, 2.24) is 10.6 Å². The lowest BCUT2D eigenvalue weighted by Gasteiger charge is -2.44. The van der Waals surface area contributed by atoms with Crippen LogP contribution in [0.25, 0.3) is 0 Å². The van der Waals surface area contributed by atoms with E-state index in [-0.39, 0.29) is 19.2 Å². The van der Waals surface area contributed by atoms with Gasteiger partial charge in [-0.25, -0.2) is 4.79 Å². The van der Waals surface area contributed by atoms with E-state index in [9.17, 15) is 24.0 Å². The highest BCUT2D eigenvalue weighted by atomic mass is 16.7. The van der Waals surface area contributed by atoms with Crippen LogP contribution in [0.5, 0.6) is 0 Å². The number of aliphatic hydroxyl groups is 1. The molecular weight excluding hydrogens is 652 g/mol. The molecule has 1 aliphatic heterocycles. The number of amides is 2. The van der Waals surface area contributed by atoms with Gasteiger partial charge in [0.1, 0.15) is 12.7 Å². The third kappa shape index (κ3) is 22.7. The Morgan fingerprint density at radius 3 is 1.42 bits per heavy atom. The quantitative estimate of drug-likeness (QED) is 0.0560. The first-order valence-electron chi connectivity index (χ1n) is 18.6. The number of hydrogen-bond donors (Lipinski definition) is 3. The highest BCUT2D eigenvalue weighted by molar-refractivity contribution is 5.73. The van der Waals surface area contributed by atoms with Gasteiger partial charge in [0, 0.05) is 54.0 Å². The number of nitrogens with one attached hydrogen (secondary N) is 2. The molecule has 0 aromatic heterocycles. The second-order valence-electron chi connectivity index (χ2n) is 12.9. The molecule has 5 atom stereocenters. The number of ether oxygens (including phenoxy) is 6. The molecule has 0 saturated carbocycles. The van der Waals surface area contributed by atoms with E-state index in [1.165, 1.54) is 72.6 Å². The van der Waals surface area contributed by atoms with Crippen LogP contribution in [0.1, 0.15) is 137 Å². The molecule has 0 radical (unpaired) electrons. The maximum atomic E-state index is 11.9. The van der Waals surface area contributed by atoms with Crippen molar-refractivity contribution in [2.45, 2.75) is 168 Å². The number of esters is 4. The molecule has 290 valence electrons. The van der Waals surface area contributed by atoms with Crippen molar-refractivity contribution >= 4 is 29.9 Å². The van der Waals surface area contributed by atoms with Crippen molar-refractivity contribution in [1.29, 1.82) is 0 Å². The number of carbonyl (C=O) groups is 5. The second kappa shape index (κ2) is 28.7. The molecule has 14 heteroatoms. The Morgan fingerprint density at radius 2 is 0.960 bits per heavy atom. The van der Waals surface area contributed by atoms with Gasteiger partial charge in [-0.2, -0.15) is 0 Å². The molecule has 1 aliphatic rings. The molecule has 1 rings (SSSR count). The van der Waals surface area contributed by atoms with Crippen LogP contribution in [-0.2, 0) is 47.6 Å². The van der Waals surface area contributed by atoms with Crippen molar-refractivity contribution in [3.63, 3.8) is 0 Å². The highest BCUT2D eigenvalue weighted by Crippen LogP contribution is 2.30. The van der Waals surface area contributed by atoms with Gasteiger partial charge < -0.3 is 44.2 Å². The van der Waals surface area contributed by atoms with Crippen LogP contribution in [0.15, 0.2) is 0 Å². The van der Waals surface area contributed by atoms with Crippen molar-refractivity contribution in [2.75, 3.05) is 32.9 Å². The summed E-state index contributed by atoms with van der Waals surface area (Å²) in [6.07, 6.45) is 12.5. The van der Waals surface area contributed by atoms with Gasteiger partial charge in [-0.15, -0.1) is 0 Å². The van der Waals surface area contributed by atoms with E-state index in [0.717, 1.165) is 64.2 Å². The average molecular weight is 717 g/mol. The summed E-state index contributed by atoms with van der Waals surface area (Å²) in [5, 5.41) is 14.6. The topological polar surface area (TPSA) is 185 Å². The maximum absolute atomic E-state index is 11.9. The lowest BCUT2D eigenvalue weighted by molar-refractivity contribution is -0.308. The average Bonchev–Trinajstić information content (AvgIpc) is 3.05. The SMILES string of the molecule is CC(=O)OC[C@H]1O[C@@H](OCCCCCCCCCCCCCCCNC(=O)NCCCCCCO)[C@H](OC(C)=O)[C@@H](OC(C)=O)[C@@H]1OC(C)=O. The van der Waals surface area contributed by atoms with Crippen LogP contribution in [0.3, 0.4) is 0 Å². The molecule has 0 aromatic carbocycles. The molecule has 1 fully saturated rings. The van der Waals surface area contributed by atoms with Crippen LogP contribution in [0.2, 0.25) is 0 Å². The zero-order chi connectivity index (χ0) is 37.0. The fourth-order valence-electron chi connectivity index (χ4n) is 5.75. The normalized spacial score (nSPS) is 20.1. The summed E-state index contributed by atoms with van der Waals surface area (Å²) in [6.45, 7) is 6.41. The monoisotopic (exact) mass is 716 g/mol. The third-order valence-corrected chi connectivity index (χ3v) is 8.21. The number of rotatable bonds is 28. The molecular formula is C36H64N2O12. The minimum Gasteiger partial charge on any atom is -0.463 e. The Morgan fingerprint density at radius 1 is 0.540 bits per heavy atom. The summed E-state index contributed by atoms with van der Waals surface area (Å²) in [4.78, 5) is 59.0. The minimum absolute atomic E-state index is 0.0938. The summed E-state index contributed by atoms with van der Waals surface area (Å²) in [5.41, 5.74) is 0. The number of carbonyl (C=O) groups excluding carboxylic acids is 5. The van der Waals surface area contributed by atoms with Crippen molar-refractivity contribution in [2.24, 2.45) is 0 Å². The Balaban J connectivity index is 2.23. The van der Waals surface area contributed by atoms with Crippen molar-refractivity contribution in [3.8, 4) is 0 Å². The summed E-state index contributed by atoms with van der Waals surface area (Å²) in [5.74, 6) is -2.59. The zero-order valence-corrected chi connectivity index (χ0v) is 30.9. The molecule has 0 aliphatic carbocycles. The fourth-order valence-corrected chi connectivity index (χ4v) is 5.75. The largest absolute Gasteiger partial charge is 0.463 e. The Kier molecular flexibility index (Phi) is 25.9. The summed E-state index contributed by atoms with van der Waals surface area (Å²) >= 11 is 0. The van der Waals surface area contributed by atoms with Gasteiger partial charge in [0.25, 0.3) is 0 Å². The zero-order valence-electron chi connectivity index (χ0n) is 30.9. The first-order chi connectivity index (χ1) is 24.0. The Labute approximate surface area is 298 Å². The van der Waals surface area contributed by atoms with E-state index in [2.05, 4.69) is 10.6 Å². The van der Waals surface area contributed by atoms with Crippen LogP contribution in [0, 0.1) is 0 Å². The molecule has 0 spiro atoms. The third-order valence-electron chi connectivity index (χ3n) is 8.21. The smallest absolute Gasteiger partial charge is 0.314 e. The van der Waals surface area contributed by atoms with E-state index in [0.29, 0.717) is 19.7 Å². The standard InChI is InChI=1S/C36H64N2O12/c1-27(40)46-26-31-32(47-28(2)41)33(48-29(3)42)34(49-30(4)43)35(50-31)45-25-21-17-13-11-9-7-5-6-8-10-12-14-18-22-37-36(44)38-23-19-15-16-20-24-39/h31-35,39H,5-26H2,1-4H3,(H2,37,38,44)/t31-,32-,33+,34-,35-/m1/s1. The molecule has 0 unspecified atom stereocenters. The Hall–Kier alpha value is -2.97. The number of urea groups is 1. The van der Waals surface area contributed by atoms with Gasteiger partial charge in [-0.3, -0.25) is 19.2 Å². The molecule has 0 aromatic rings. The second-order valence-corrected chi connectivity index (χ2v) is 12.9. The first-order valence-corrected chi connectivity index (χ1v) is 18.6. The summed E-state index contributed by atoms with van der Waals surface area (Å²) in [7, 11) is 0. The summed E-state index contributed by atoms with van der Waals surface area (Å²) in [6, 6.07) is -0.0938. The molecule has 3 N–H and O–H groups in total. The van der Waals surface area contributed by atoms with Gasteiger partial charge >= 0.3 is 29.9 Å². The van der Waals surface area contributed by atoms with E-state index in [1.54, 1.807) is 0 Å². The van der Waals surface area contributed by atoms with Crippen LogP contribution in [-0.4, -0.2) is 98.6 Å².